The molecule has 6 heteroatoms. The normalized spacial score (nSPS) is 13.6. The third kappa shape index (κ3) is 7.33. The van der Waals surface area contributed by atoms with Gasteiger partial charge in [-0.1, -0.05) is 20.3 Å². The molecule has 0 fully saturated rings. The Morgan fingerprint density at radius 2 is 1.95 bits per heavy atom. The van der Waals surface area contributed by atoms with Gasteiger partial charge >= 0.3 is 12.0 Å². The SMILES string of the molecule is CCC(CNC(=O)N(CCOC)C(C)CC)CC(=O)O. The fourth-order valence-corrected chi connectivity index (χ4v) is 1.87. The Morgan fingerprint density at radius 3 is 2.40 bits per heavy atom. The van der Waals surface area contributed by atoms with Crippen molar-refractivity contribution in [3.63, 3.8) is 0 Å². The van der Waals surface area contributed by atoms with Crippen LogP contribution < -0.4 is 5.32 Å². The first kappa shape index (κ1) is 18.7. The summed E-state index contributed by atoms with van der Waals surface area (Å²) in [7, 11) is 1.60. The van der Waals surface area contributed by atoms with E-state index in [0.717, 1.165) is 12.8 Å². The maximum atomic E-state index is 12.2. The van der Waals surface area contributed by atoms with E-state index in [0.29, 0.717) is 19.7 Å². The number of hydrogen-bond donors (Lipinski definition) is 2. The Hall–Kier alpha value is -1.30. The summed E-state index contributed by atoms with van der Waals surface area (Å²) in [6.45, 7) is 7.36. The molecule has 0 aromatic rings. The molecule has 2 amide bonds. The van der Waals surface area contributed by atoms with Crippen molar-refractivity contribution in [2.24, 2.45) is 5.92 Å². The van der Waals surface area contributed by atoms with Gasteiger partial charge in [-0.2, -0.15) is 0 Å². The number of carbonyl (C=O) groups excluding carboxylic acids is 1. The van der Waals surface area contributed by atoms with E-state index in [2.05, 4.69) is 5.32 Å². The Morgan fingerprint density at radius 1 is 1.30 bits per heavy atom. The molecule has 0 radical (unpaired) electrons. The number of hydrogen-bond acceptors (Lipinski definition) is 3. The summed E-state index contributed by atoms with van der Waals surface area (Å²) in [6, 6.07) is -0.0232. The van der Waals surface area contributed by atoms with E-state index in [-0.39, 0.29) is 24.4 Å². The number of urea groups is 1. The zero-order valence-electron chi connectivity index (χ0n) is 13.0. The second kappa shape index (κ2) is 10.5. The van der Waals surface area contributed by atoms with Crippen molar-refractivity contribution in [3.8, 4) is 0 Å². The Labute approximate surface area is 121 Å². The molecular formula is C14H28N2O4. The zero-order valence-corrected chi connectivity index (χ0v) is 13.0. The molecule has 2 unspecified atom stereocenters. The molecule has 0 saturated heterocycles. The van der Waals surface area contributed by atoms with Gasteiger partial charge in [-0.3, -0.25) is 4.79 Å². The number of amides is 2. The first-order valence-corrected chi connectivity index (χ1v) is 7.21. The Kier molecular flexibility index (Phi) is 9.80. The highest BCUT2D eigenvalue weighted by Gasteiger charge is 2.20. The number of rotatable bonds is 10. The molecule has 0 saturated carbocycles. The van der Waals surface area contributed by atoms with E-state index in [9.17, 15) is 9.59 Å². The van der Waals surface area contributed by atoms with Gasteiger partial charge < -0.3 is 20.1 Å². The Bertz CT molecular complexity index is 297. The van der Waals surface area contributed by atoms with Crippen LogP contribution in [-0.4, -0.2) is 54.9 Å². The van der Waals surface area contributed by atoms with E-state index in [1.54, 1.807) is 12.0 Å². The maximum Gasteiger partial charge on any atom is 0.317 e. The zero-order chi connectivity index (χ0) is 15.5. The first-order valence-electron chi connectivity index (χ1n) is 7.21. The molecular weight excluding hydrogens is 260 g/mol. The smallest absolute Gasteiger partial charge is 0.317 e. The molecule has 2 N–H and O–H groups in total. The monoisotopic (exact) mass is 288 g/mol. The molecule has 0 aromatic heterocycles. The van der Waals surface area contributed by atoms with Gasteiger partial charge in [0.25, 0.3) is 0 Å². The second-order valence-electron chi connectivity index (χ2n) is 5.00. The fourth-order valence-electron chi connectivity index (χ4n) is 1.87. The minimum atomic E-state index is -0.829. The van der Waals surface area contributed by atoms with Crippen molar-refractivity contribution in [1.82, 2.24) is 10.2 Å². The molecule has 0 aliphatic carbocycles. The number of carboxylic acid groups (broad SMARTS) is 1. The average Bonchev–Trinajstić information content (AvgIpc) is 2.42. The molecule has 0 rings (SSSR count). The minimum absolute atomic E-state index is 0.0299. The molecule has 0 aromatic carbocycles. The van der Waals surface area contributed by atoms with E-state index in [1.807, 2.05) is 20.8 Å². The van der Waals surface area contributed by atoms with Crippen molar-refractivity contribution in [2.45, 2.75) is 46.1 Å². The number of ether oxygens (including phenoxy) is 1. The van der Waals surface area contributed by atoms with Crippen molar-refractivity contribution in [3.05, 3.63) is 0 Å². The highest BCUT2D eigenvalue weighted by atomic mass is 16.5. The van der Waals surface area contributed by atoms with Crippen molar-refractivity contribution in [1.29, 1.82) is 0 Å². The number of carboxylic acids is 1. The van der Waals surface area contributed by atoms with Gasteiger partial charge in [0.15, 0.2) is 0 Å². The van der Waals surface area contributed by atoms with E-state index in [1.165, 1.54) is 0 Å². The number of methoxy groups -OCH3 is 1. The van der Waals surface area contributed by atoms with Crippen molar-refractivity contribution in [2.75, 3.05) is 26.8 Å². The quantitative estimate of drug-likeness (QED) is 0.644. The summed E-state index contributed by atoms with van der Waals surface area (Å²) < 4.78 is 5.02. The topological polar surface area (TPSA) is 78.9 Å². The lowest BCUT2D eigenvalue weighted by atomic mass is 10.0. The molecule has 6 nitrogen and oxygen atoms in total. The van der Waals surface area contributed by atoms with Crippen LogP contribution in [0.1, 0.15) is 40.0 Å². The molecule has 118 valence electrons. The van der Waals surface area contributed by atoms with Crippen LogP contribution in [0.25, 0.3) is 0 Å². The van der Waals surface area contributed by atoms with E-state index >= 15 is 0 Å². The lowest BCUT2D eigenvalue weighted by molar-refractivity contribution is -0.138. The van der Waals surface area contributed by atoms with Gasteiger partial charge in [-0.25, -0.2) is 4.79 Å². The summed E-state index contributed by atoms with van der Waals surface area (Å²) >= 11 is 0. The van der Waals surface area contributed by atoms with Crippen LogP contribution in [0.15, 0.2) is 0 Å². The molecule has 20 heavy (non-hydrogen) atoms. The summed E-state index contributed by atoms with van der Waals surface area (Å²) in [5.74, 6) is -0.859. The highest BCUT2D eigenvalue weighted by molar-refractivity contribution is 5.74. The van der Waals surface area contributed by atoms with Gasteiger partial charge in [0.1, 0.15) is 0 Å². The molecule has 2 atom stereocenters. The van der Waals surface area contributed by atoms with Crippen molar-refractivity contribution < 1.29 is 19.4 Å². The van der Waals surface area contributed by atoms with Crippen LogP contribution in [0.3, 0.4) is 0 Å². The summed E-state index contributed by atoms with van der Waals surface area (Å²) in [5, 5.41) is 11.6. The highest BCUT2D eigenvalue weighted by Crippen LogP contribution is 2.08. The summed E-state index contributed by atoms with van der Waals surface area (Å²) in [6.07, 6.45) is 1.68. The molecule has 0 aliphatic rings. The molecule has 0 heterocycles. The third-order valence-electron chi connectivity index (χ3n) is 3.50. The largest absolute Gasteiger partial charge is 0.481 e. The lowest BCUT2D eigenvalue weighted by Gasteiger charge is -2.29. The van der Waals surface area contributed by atoms with Gasteiger partial charge in [-0.15, -0.1) is 0 Å². The van der Waals surface area contributed by atoms with Crippen LogP contribution in [0, 0.1) is 5.92 Å². The van der Waals surface area contributed by atoms with Crippen LogP contribution in [0.5, 0.6) is 0 Å². The van der Waals surface area contributed by atoms with E-state index < -0.39 is 5.97 Å². The Balaban J connectivity index is 4.39. The van der Waals surface area contributed by atoms with Gasteiger partial charge in [0.05, 0.1) is 6.61 Å². The predicted octanol–water partition coefficient (Wildman–Crippen LogP) is 1.94. The molecule has 0 bridgehead atoms. The molecule has 0 aliphatic heterocycles. The minimum Gasteiger partial charge on any atom is -0.481 e. The number of carbonyl (C=O) groups is 2. The van der Waals surface area contributed by atoms with Crippen LogP contribution in [0.4, 0.5) is 4.79 Å². The van der Waals surface area contributed by atoms with Crippen LogP contribution >= 0.6 is 0 Å². The second-order valence-corrected chi connectivity index (χ2v) is 5.00. The third-order valence-corrected chi connectivity index (χ3v) is 3.50. The number of nitrogens with zero attached hydrogens (tertiary/aromatic N) is 1. The summed E-state index contributed by atoms with van der Waals surface area (Å²) in [4.78, 5) is 24.6. The lowest BCUT2D eigenvalue weighted by Crippen LogP contribution is -2.47. The van der Waals surface area contributed by atoms with Crippen LogP contribution in [0.2, 0.25) is 0 Å². The molecule has 0 spiro atoms. The fraction of sp³-hybridized carbons (Fsp3) is 0.857. The number of aliphatic carboxylic acids is 1. The van der Waals surface area contributed by atoms with Crippen molar-refractivity contribution >= 4 is 12.0 Å². The van der Waals surface area contributed by atoms with Gasteiger partial charge in [0, 0.05) is 32.7 Å². The average molecular weight is 288 g/mol. The van der Waals surface area contributed by atoms with Gasteiger partial charge in [-0.05, 0) is 19.3 Å². The van der Waals surface area contributed by atoms with Gasteiger partial charge in [0.2, 0.25) is 0 Å². The van der Waals surface area contributed by atoms with Crippen LogP contribution in [-0.2, 0) is 9.53 Å². The van der Waals surface area contributed by atoms with E-state index in [4.69, 9.17) is 9.84 Å². The first-order chi connectivity index (χ1) is 9.46. The summed E-state index contributed by atoms with van der Waals surface area (Å²) in [5.41, 5.74) is 0. The maximum absolute atomic E-state index is 12.2. The number of nitrogens with one attached hydrogen (secondary N) is 1. The predicted molar refractivity (Wildman–Crippen MR) is 77.8 cm³/mol. The standard InChI is InChI=1S/C14H28N2O4/c1-5-11(3)16(7-8-20-4)14(19)15-10-12(6-2)9-13(17)18/h11-12H,5-10H2,1-4H3,(H,15,19)(H,17,18).